The third kappa shape index (κ3) is 8.34. The van der Waals surface area contributed by atoms with Crippen LogP contribution in [0.1, 0.15) is 44.5 Å². The van der Waals surface area contributed by atoms with Gasteiger partial charge in [0, 0.05) is 63.7 Å². The molecule has 0 amide bonds. The molecule has 0 aliphatic carbocycles. The lowest BCUT2D eigenvalue weighted by Gasteiger charge is -2.37. The van der Waals surface area contributed by atoms with Crippen molar-refractivity contribution >= 4 is 43.3 Å². The molecule has 0 spiro atoms. The van der Waals surface area contributed by atoms with Crippen LogP contribution in [0.2, 0.25) is 18.1 Å². The number of nitrogens with zero attached hydrogens (tertiary/aromatic N) is 6. The van der Waals surface area contributed by atoms with Gasteiger partial charge < -0.3 is 29.6 Å². The molecule has 0 bridgehead atoms. The topological polar surface area (TPSA) is 91.6 Å². The molecule has 14 heteroatoms. The Morgan fingerprint density at radius 1 is 1.18 bits per heavy atom. The van der Waals surface area contributed by atoms with E-state index < -0.39 is 20.1 Å². The van der Waals surface area contributed by atoms with E-state index >= 15 is 0 Å². The Morgan fingerprint density at radius 2 is 1.87 bits per heavy atom. The molecule has 0 radical (unpaired) electrons. The molecule has 1 aromatic carbocycles. The minimum atomic E-state index is -4.54. The lowest BCUT2D eigenvalue weighted by Crippen LogP contribution is -2.44. The largest absolute Gasteiger partial charge is 0.416 e. The van der Waals surface area contributed by atoms with E-state index in [-0.39, 0.29) is 23.2 Å². The van der Waals surface area contributed by atoms with Crippen molar-refractivity contribution in [1.29, 1.82) is 0 Å². The van der Waals surface area contributed by atoms with Gasteiger partial charge in [-0.2, -0.15) is 17.7 Å². The molecule has 3 aromatic rings. The van der Waals surface area contributed by atoms with Crippen LogP contribution in [0.15, 0.2) is 29.3 Å². The highest BCUT2D eigenvalue weighted by Gasteiger charge is 2.38. The van der Waals surface area contributed by atoms with Crippen LogP contribution in [0.4, 0.5) is 36.2 Å². The molecule has 45 heavy (non-hydrogen) atoms. The molecule has 1 fully saturated rings. The zero-order valence-electron chi connectivity index (χ0n) is 27.8. The highest BCUT2D eigenvalue weighted by Crippen LogP contribution is 2.38. The van der Waals surface area contributed by atoms with Crippen molar-refractivity contribution in [3.8, 4) is 0 Å². The van der Waals surface area contributed by atoms with Crippen molar-refractivity contribution in [3.63, 3.8) is 0 Å². The summed E-state index contributed by atoms with van der Waals surface area (Å²) < 4.78 is 56.4. The second kappa shape index (κ2) is 13.7. The number of aryl methyl sites for hydroxylation is 1. The first-order valence-corrected chi connectivity index (χ1v) is 18.2. The first-order chi connectivity index (χ1) is 21.0. The average molecular weight is 649 g/mol. The fourth-order valence-corrected chi connectivity index (χ4v) is 5.73. The van der Waals surface area contributed by atoms with Gasteiger partial charge in [-0.1, -0.05) is 26.8 Å². The maximum atomic E-state index is 14.3. The van der Waals surface area contributed by atoms with Crippen molar-refractivity contribution in [1.82, 2.24) is 24.8 Å². The molecular formula is C31H47F3N8O2Si. The summed E-state index contributed by atoms with van der Waals surface area (Å²) in [5.74, 6) is 1.15. The quantitative estimate of drug-likeness (QED) is 0.141. The minimum absolute atomic E-state index is 0.0132. The normalized spacial score (nSPS) is 15.7. The summed E-state index contributed by atoms with van der Waals surface area (Å²) in [5, 5.41) is 11.4. The molecule has 4 rings (SSSR count). The van der Waals surface area contributed by atoms with Crippen molar-refractivity contribution in [2.24, 2.45) is 4.99 Å². The van der Waals surface area contributed by atoms with Crippen molar-refractivity contribution in [2.45, 2.75) is 71.5 Å². The monoisotopic (exact) mass is 648 g/mol. The van der Waals surface area contributed by atoms with Gasteiger partial charge in [-0.05, 0) is 44.1 Å². The van der Waals surface area contributed by atoms with Gasteiger partial charge in [0.15, 0.2) is 25.6 Å². The van der Waals surface area contributed by atoms with E-state index in [4.69, 9.17) is 19.2 Å². The summed E-state index contributed by atoms with van der Waals surface area (Å²) >= 11 is 0. The lowest BCUT2D eigenvalue weighted by atomic mass is 10.0. The maximum Gasteiger partial charge on any atom is 0.416 e. The van der Waals surface area contributed by atoms with Gasteiger partial charge in [0.2, 0.25) is 0 Å². The molecule has 1 atom stereocenters. The number of hydrogen-bond acceptors (Lipinski definition) is 8. The van der Waals surface area contributed by atoms with E-state index in [0.29, 0.717) is 67.3 Å². The number of benzene rings is 1. The number of alkyl halides is 3. The molecule has 0 saturated carbocycles. The summed E-state index contributed by atoms with van der Waals surface area (Å²) in [7, 11) is 1.74. The Balaban J connectivity index is 1.71. The van der Waals surface area contributed by atoms with Crippen LogP contribution in [0.3, 0.4) is 0 Å². The first-order valence-electron chi connectivity index (χ1n) is 15.2. The Bertz CT molecular complexity index is 1490. The van der Waals surface area contributed by atoms with E-state index in [9.17, 15) is 13.2 Å². The van der Waals surface area contributed by atoms with Crippen molar-refractivity contribution < 1.29 is 22.3 Å². The minimum Gasteiger partial charge on any atom is -0.415 e. The Labute approximate surface area is 265 Å². The van der Waals surface area contributed by atoms with Gasteiger partial charge in [0.1, 0.15) is 5.69 Å². The van der Waals surface area contributed by atoms with Crippen LogP contribution in [-0.4, -0.2) is 87.2 Å². The predicted octanol–water partition coefficient (Wildman–Crippen LogP) is 6.36. The van der Waals surface area contributed by atoms with E-state index in [1.807, 2.05) is 32.0 Å². The first kappa shape index (κ1) is 34.7. The van der Waals surface area contributed by atoms with Crippen LogP contribution in [0.5, 0.6) is 0 Å². The number of morpholine rings is 1. The molecule has 1 unspecified atom stereocenters. The molecule has 1 saturated heterocycles. The average Bonchev–Trinajstić information content (AvgIpc) is 3.27. The Hall–Kier alpha value is -3.20. The number of aliphatic imine (C=N–C) groups is 1. The maximum absolute atomic E-state index is 14.3. The number of rotatable bonds is 11. The van der Waals surface area contributed by atoms with E-state index in [1.165, 1.54) is 6.07 Å². The van der Waals surface area contributed by atoms with Crippen LogP contribution >= 0.6 is 0 Å². The van der Waals surface area contributed by atoms with E-state index in [0.717, 1.165) is 6.07 Å². The third-order valence-corrected chi connectivity index (χ3v) is 12.9. The van der Waals surface area contributed by atoms with Crippen LogP contribution in [0.25, 0.3) is 5.65 Å². The van der Waals surface area contributed by atoms with Gasteiger partial charge in [-0.3, -0.25) is 0 Å². The van der Waals surface area contributed by atoms with Crippen LogP contribution in [0, 0.1) is 6.92 Å². The smallest absolute Gasteiger partial charge is 0.415 e. The van der Waals surface area contributed by atoms with Gasteiger partial charge in [0.05, 0.1) is 30.8 Å². The molecule has 10 nitrogen and oxygen atoms in total. The number of hydrogen-bond donors (Lipinski definition) is 2. The summed E-state index contributed by atoms with van der Waals surface area (Å²) in [6.07, 6.45) is -2.86. The Kier molecular flexibility index (Phi) is 10.5. The number of imidazole rings is 1. The standard InChI is InChI=1S/C31H47F3N8O2Si/c1-21(19-44-45(8,9)30(3,4)5)35-18-23-24(31(32,33)34)11-10-12-25(23)38-28-22(2)37-29-26(36-20-40(6)7)17-27(39-42(28)29)41-13-15-43-16-14-41/h10-12,17,20-21,35,38H,13-16,18-19H2,1-9H3/b36-20+. The number of halogens is 3. The van der Waals surface area contributed by atoms with Crippen LogP contribution < -0.4 is 15.5 Å². The summed E-state index contributed by atoms with van der Waals surface area (Å²) in [6, 6.07) is 5.89. The zero-order chi connectivity index (χ0) is 33.2. The third-order valence-electron chi connectivity index (χ3n) is 8.35. The van der Waals surface area contributed by atoms with E-state index in [1.54, 1.807) is 23.8 Å². The SMILES string of the molecule is Cc1nc2c(/N=C/N(C)C)cc(N3CCOCC3)nn2c1Nc1cccc(C(F)(F)F)c1CNC(C)CO[Si](C)(C)C(C)(C)C. The fraction of sp³-hybridized carbons (Fsp3) is 0.581. The van der Waals surface area contributed by atoms with Gasteiger partial charge >= 0.3 is 6.18 Å². The molecule has 3 heterocycles. The summed E-state index contributed by atoms with van der Waals surface area (Å²) in [6.45, 7) is 17.4. The van der Waals surface area contributed by atoms with E-state index in [2.05, 4.69) is 54.4 Å². The molecule has 2 aromatic heterocycles. The van der Waals surface area contributed by atoms with Gasteiger partial charge in [-0.15, -0.1) is 5.10 Å². The summed E-state index contributed by atoms with van der Waals surface area (Å²) in [5.41, 5.74) is 1.38. The number of aromatic nitrogens is 3. The number of nitrogens with one attached hydrogen (secondary N) is 2. The molecular weight excluding hydrogens is 601 g/mol. The second-order valence-corrected chi connectivity index (χ2v) is 18.1. The number of fused-ring (bicyclic) bond motifs is 1. The molecule has 248 valence electrons. The molecule has 1 aliphatic rings. The van der Waals surface area contributed by atoms with Crippen LogP contribution in [-0.2, 0) is 21.9 Å². The van der Waals surface area contributed by atoms with Gasteiger partial charge in [0.25, 0.3) is 0 Å². The predicted molar refractivity (Wildman–Crippen MR) is 177 cm³/mol. The second-order valence-electron chi connectivity index (χ2n) is 13.3. The van der Waals surface area contributed by atoms with Crippen molar-refractivity contribution in [2.75, 3.05) is 57.2 Å². The molecule has 1 aliphatic heterocycles. The lowest BCUT2D eigenvalue weighted by molar-refractivity contribution is -0.138. The zero-order valence-corrected chi connectivity index (χ0v) is 28.8. The highest BCUT2D eigenvalue weighted by atomic mass is 28.4. The van der Waals surface area contributed by atoms with Crippen molar-refractivity contribution in [3.05, 3.63) is 41.1 Å². The molecule has 2 N–H and O–H groups in total. The summed E-state index contributed by atoms with van der Waals surface area (Å²) in [4.78, 5) is 13.3. The number of anilines is 3. The Morgan fingerprint density at radius 3 is 2.49 bits per heavy atom. The van der Waals surface area contributed by atoms with Gasteiger partial charge in [-0.25, -0.2) is 9.98 Å². The number of ether oxygens (including phenoxy) is 1. The highest BCUT2D eigenvalue weighted by molar-refractivity contribution is 6.74. The fourth-order valence-electron chi connectivity index (χ4n) is 4.64.